The van der Waals surface area contributed by atoms with Gasteiger partial charge in [-0.1, -0.05) is 11.6 Å². The van der Waals surface area contributed by atoms with Crippen molar-refractivity contribution in [1.29, 1.82) is 0 Å². The van der Waals surface area contributed by atoms with Crippen LogP contribution in [0.15, 0.2) is 47.4 Å². The highest BCUT2D eigenvalue weighted by atomic mass is 35.5. The van der Waals surface area contributed by atoms with Crippen molar-refractivity contribution in [2.24, 2.45) is 25.9 Å². The van der Waals surface area contributed by atoms with E-state index in [0.29, 0.717) is 65.0 Å². The molecule has 0 radical (unpaired) electrons. The number of anilines is 5. The lowest BCUT2D eigenvalue weighted by atomic mass is 9.78. The molecule has 5 aliphatic rings. The topological polar surface area (TPSA) is 155 Å². The van der Waals surface area contributed by atoms with E-state index in [4.69, 9.17) is 26.4 Å². The van der Waals surface area contributed by atoms with Crippen molar-refractivity contribution >= 4 is 74.0 Å². The first-order chi connectivity index (χ1) is 30.2. The van der Waals surface area contributed by atoms with Crippen molar-refractivity contribution in [3.63, 3.8) is 0 Å². The quantitative estimate of drug-likeness (QED) is 0.153. The van der Waals surface area contributed by atoms with E-state index in [1.165, 1.54) is 4.57 Å². The predicted octanol–water partition coefficient (Wildman–Crippen LogP) is 6.17. The van der Waals surface area contributed by atoms with Gasteiger partial charge in [-0.25, -0.2) is 13.8 Å². The average molecular weight is 884 g/mol. The molecule has 63 heavy (non-hydrogen) atoms. The van der Waals surface area contributed by atoms with Gasteiger partial charge in [0, 0.05) is 87.5 Å². The van der Waals surface area contributed by atoms with Crippen LogP contribution in [-0.2, 0) is 23.7 Å². The van der Waals surface area contributed by atoms with Gasteiger partial charge in [-0.2, -0.15) is 10.1 Å². The molecule has 1 aliphatic carbocycles. The first-order valence-electron chi connectivity index (χ1n) is 21.9. The molecule has 1 saturated carbocycles. The van der Waals surface area contributed by atoms with Crippen LogP contribution in [0.25, 0.3) is 21.8 Å². The smallest absolute Gasteiger partial charge is 0.301 e. The standard InChI is InChI=1S/C45H52ClF2N11O4/c1-44(2,59-19-17-57(18-20-59)28-8-9-29-34(22-28)56(4)54-36(29)30-10-12-35(60)51-41(30)61)26-13-15-58(16-14-26)43-49-23-32(46)40(53-43)50-27-7-11-33-31(21-27)37-38(42(62)55(33)3)63-24-45(47,48)39(52-37)25-5-6-25/h7-9,11,21-23,25-26,30,39,52H,5-6,10,12-20,24H2,1-4H3,(H,49,50,53)(H,51,60,61). The number of hydrogen-bond donors (Lipinski definition) is 3. The van der Waals surface area contributed by atoms with Crippen molar-refractivity contribution in [3.8, 4) is 5.75 Å². The van der Waals surface area contributed by atoms with Crippen molar-refractivity contribution in [2.45, 2.75) is 75.8 Å². The SMILES string of the molecule is Cn1nc(C2CCC(=O)NC2=O)c2ccc(N3CCN(C(C)(C)C4CCN(c5ncc(Cl)c(Nc6ccc7c(c6)c6c(c(=O)n7C)OCC(F)(F)C(C7CC7)N6)n5)CC4)CC3)cc21. The number of piperidine rings is 2. The molecule has 0 bridgehead atoms. The molecule has 3 N–H and O–H groups in total. The summed E-state index contributed by atoms with van der Waals surface area (Å²) < 4.78 is 39.2. The minimum absolute atomic E-state index is 0.0269. The summed E-state index contributed by atoms with van der Waals surface area (Å²) in [6, 6.07) is 10.6. The number of aryl methyl sites for hydroxylation is 2. The number of amides is 2. The van der Waals surface area contributed by atoms with Crippen molar-refractivity contribution in [3.05, 3.63) is 63.7 Å². The Kier molecular flexibility index (Phi) is 10.3. The summed E-state index contributed by atoms with van der Waals surface area (Å²) >= 11 is 6.67. The number of ether oxygens (including phenoxy) is 1. The molecule has 2 atom stereocenters. The highest BCUT2D eigenvalue weighted by Gasteiger charge is 2.51. The first kappa shape index (κ1) is 41.5. The third kappa shape index (κ3) is 7.49. The third-order valence-electron chi connectivity index (χ3n) is 14.3. The van der Waals surface area contributed by atoms with Gasteiger partial charge in [0.05, 0.1) is 40.6 Å². The average Bonchev–Trinajstić information content (AvgIpc) is 4.08. The molecule has 2 aromatic carbocycles. The number of imide groups is 1. The maximum absolute atomic E-state index is 15.2. The molecular weight excluding hydrogens is 832 g/mol. The van der Waals surface area contributed by atoms with E-state index < -0.39 is 30.0 Å². The Morgan fingerprint density at radius 3 is 2.40 bits per heavy atom. The lowest BCUT2D eigenvalue weighted by molar-refractivity contribution is -0.134. The molecule has 2 unspecified atom stereocenters. The Hall–Kier alpha value is -5.55. The van der Waals surface area contributed by atoms with Crippen molar-refractivity contribution < 1.29 is 23.1 Å². The van der Waals surface area contributed by atoms with Gasteiger partial charge in [0.25, 0.3) is 5.56 Å². The van der Waals surface area contributed by atoms with Crippen LogP contribution in [-0.4, -0.2) is 104 Å². The third-order valence-corrected chi connectivity index (χ3v) is 14.6. The Labute approximate surface area is 368 Å². The molecule has 18 heteroatoms. The number of nitrogens with one attached hydrogen (secondary N) is 3. The Balaban J connectivity index is 0.789. The number of halogens is 3. The molecular formula is C45H52ClF2N11O4. The Bertz CT molecular complexity index is 2700. The fraction of sp³-hybridized carbons (Fsp3) is 0.511. The summed E-state index contributed by atoms with van der Waals surface area (Å²) in [5, 5.41) is 15.4. The molecule has 3 saturated heterocycles. The number of fused-ring (bicyclic) bond motifs is 4. The minimum atomic E-state index is -3.13. The van der Waals surface area contributed by atoms with Gasteiger partial charge >= 0.3 is 5.92 Å². The zero-order valence-corrected chi connectivity index (χ0v) is 36.6. The van der Waals surface area contributed by atoms with Crippen LogP contribution in [0, 0.1) is 11.8 Å². The molecule has 2 amide bonds. The van der Waals surface area contributed by atoms with Gasteiger partial charge in [0.15, 0.2) is 12.4 Å². The minimum Gasteiger partial charge on any atom is -0.480 e. The van der Waals surface area contributed by atoms with Crippen molar-refractivity contribution in [1.82, 2.24) is 34.5 Å². The van der Waals surface area contributed by atoms with Crippen LogP contribution in [0.3, 0.4) is 0 Å². The predicted molar refractivity (Wildman–Crippen MR) is 239 cm³/mol. The molecule has 4 aliphatic heterocycles. The van der Waals surface area contributed by atoms with Gasteiger partial charge in [-0.05, 0) is 94.2 Å². The summed E-state index contributed by atoms with van der Waals surface area (Å²) in [6.45, 7) is 9.07. The van der Waals surface area contributed by atoms with Gasteiger partial charge in [-0.15, -0.1) is 0 Å². The van der Waals surface area contributed by atoms with E-state index in [0.717, 1.165) is 74.4 Å². The largest absolute Gasteiger partial charge is 0.480 e. The molecule has 4 fully saturated rings. The molecule has 10 rings (SSSR count). The van der Waals surface area contributed by atoms with Crippen LogP contribution >= 0.6 is 11.6 Å². The highest BCUT2D eigenvalue weighted by Crippen LogP contribution is 2.46. The maximum atomic E-state index is 15.2. The van der Waals surface area contributed by atoms with Crippen LogP contribution < -0.4 is 36.0 Å². The second kappa shape index (κ2) is 15.6. The van der Waals surface area contributed by atoms with Gasteiger partial charge < -0.3 is 29.7 Å². The van der Waals surface area contributed by atoms with E-state index in [1.54, 1.807) is 19.3 Å². The summed E-state index contributed by atoms with van der Waals surface area (Å²) in [4.78, 5) is 54.4. The van der Waals surface area contributed by atoms with E-state index in [-0.39, 0.29) is 34.7 Å². The van der Waals surface area contributed by atoms with Gasteiger partial charge in [0.2, 0.25) is 23.5 Å². The zero-order valence-electron chi connectivity index (χ0n) is 35.9. The molecule has 7 heterocycles. The van der Waals surface area contributed by atoms with E-state index in [2.05, 4.69) is 67.7 Å². The van der Waals surface area contributed by atoms with E-state index in [9.17, 15) is 14.4 Å². The second-order valence-electron chi connectivity index (χ2n) is 18.4. The number of alkyl halides is 2. The number of rotatable bonds is 8. The molecule has 332 valence electrons. The molecule has 0 spiro atoms. The fourth-order valence-corrected chi connectivity index (χ4v) is 10.4. The first-order valence-corrected chi connectivity index (χ1v) is 22.3. The lowest BCUT2D eigenvalue weighted by Crippen LogP contribution is -2.59. The van der Waals surface area contributed by atoms with Crippen LogP contribution in [0.2, 0.25) is 5.02 Å². The van der Waals surface area contributed by atoms with Gasteiger partial charge in [-0.3, -0.25) is 29.3 Å². The second-order valence-corrected chi connectivity index (χ2v) is 18.8. The Morgan fingerprint density at radius 2 is 1.67 bits per heavy atom. The summed E-state index contributed by atoms with van der Waals surface area (Å²) in [5.41, 5.74) is 3.79. The van der Waals surface area contributed by atoms with Crippen LogP contribution in [0.1, 0.15) is 64.0 Å². The lowest BCUT2D eigenvalue weighted by Gasteiger charge is -2.50. The number of nitrogens with zero attached hydrogens (tertiary/aromatic N) is 8. The van der Waals surface area contributed by atoms with E-state index in [1.807, 2.05) is 23.9 Å². The number of benzene rings is 2. The van der Waals surface area contributed by atoms with Crippen LogP contribution in [0.4, 0.5) is 37.6 Å². The maximum Gasteiger partial charge on any atom is 0.301 e. The number of pyridine rings is 1. The number of aromatic nitrogens is 5. The number of carbonyl (C=O) groups excluding carboxylic acids is 2. The molecule has 5 aromatic rings. The summed E-state index contributed by atoms with van der Waals surface area (Å²) in [7, 11) is 3.51. The fourth-order valence-electron chi connectivity index (χ4n) is 10.3. The zero-order chi connectivity index (χ0) is 43.9. The number of piperazine rings is 1. The monoisotopic (exact) mass is 883 g/mol. The number of hydrogen-bond acceptors (Lipinski definition) is 12. The van der Waals surface area contributed by atoms with E-state index >= 15 is 8.78 Å². The molecule has 3 aromatic heterocycles. The summed E-state index contributed by atoms with van der Waals surface area (Å²) in [6.07, 6.45) is 5.73. The highest BCUT2D eigenvalue weighted by molar-refractivity contribution is 6.33. The summed E-state index contributed by atoms with van der Waals surface area (Å²) in [5.74, 6) is -2.91. The number of carbonyl (C=O) groups is 2. The van der Waals surface area contributed by atoms with Crippen molar-refractivity contribution in [2.75, 3.05) is 66.3 Å². The normalized spacial score (nSPS) is 22.4. The molecule has 15 nitrogen and oxygen atoms in total. The van der Waals surface area contributed by atoms with Crippen LogP contribution in [0.5, 0.6) is 5.75 Å². The van der Waals surface area contributed by atoms with Gasteiger partial charge in [0.1, 0.15) is 5.02 Å². The Morgan fingerprint density at radius 1 is 0.905 bits per heavy atom.